The fraction of sp³-hybridized carbons (Fsp3) is 0.438. The molecule has 1 amide bonds. The van der Waals surface area contributed by atoms with E-state index in [4.69, 9.17) is 4.74 Å². The molecular weight excluding hydrogens is 298 g/mol. The Bertz CT molecular complexity index is 843. The van der Waals surface area contributed by atoms with Gasteiger partial charge in [-0.05, 0) is 39.3 Å². The number of aromatic amines is 1. The Morgan fingerprint density at radius 3 is 2.65 bits per heavy atom. The smallest absolute Gasteiger partial charge is 0.407 e. The summed E-state index contributed by atoms with van der Waals surface area (Å²) >= 11 is 0. The van der Waals surface area contributed by atoms with Gasteiger partial charge in [0.2, 0.25) is 0 Å². The number of para-hydroxylation sites is 1. The SMILES string of the molecule is Cc1cccc2c(=O)n(CCNC(=O)OC(C)(C)C)c(=O)[nH]c12. The minimum Gasteiger partial charge on any atom is -0.444 e. The average molecular weight is 319 g/mol. The molecule has 0 fully saturated rings. The molecule has 0 bridgehead atoms. The van der Waals surface area contributed by atoms with E-state index in [0.717, 1.165) is 10.1 Å². The standard InChI is InChI=1S/C16H21N3O4/c1-10-6-5-7-11-12(10)18-14(21)19(13(11)20)9-8-17-15(22)23-16(2,3)4/h5-7H,8-9H2,1-4H3,(H,17,22)(H,18,21). The summed E-state index contributed by atoms with van der Waals surface area (Å²) in [5.41, 5.74) is -0.102. The van der Waals surface area contributed by atoms with Crippen molar-refractivity contribution in [2.45, 2.75) is 39.8 Å². The Labute approximate surface area is 133 Å². The summed E-state index contributed by atoms with van der Waals surface area (Å²) < 4.78 is 6.17. The normalized spacial score (nSPS) is 11.5. The van der Waals surface area contributed by atoms with Crippen LogP contribution in [0, 0.1) is 6.92 Å². The minimum absolute atomic E-state index is 0.0668. The maximum absolute atomic E-state index is 12.4. The average Bonchev–Trinajstić information content (AvgIpc) is 2.42. The molecule has 0 aliphatic heterocycles. The van der Waals surface area contributed by atoms with E-state index in [9.17, 15) is 14.4 Å². The first kappa shape index (κ1) is 16.8. The second-order valence-corrected chi connectivity index (χ2v) is 6.31. The van der Waals surface area contributed by atoms with E-state index in [2.05, 4.69) is 10.3 Å². The molecule has 7 nitrogen and oxygen atoms in total. The van der Waals surface area contributed by atoms with Gasteiger partial charge in [-0.3, -0.25) is 9.36 Å². The van der Waals surface area contributed by atoms with Crippen molar-refractivity contribution < 1.29 is 9.53 Å². The lowest BCUT2D eigenvalue weighted by Crippen LogP contribution is -2.40. The third-order valence-electron chi connectivity index (χ3n) is 3.23. The number of H-pyrrole nitrogens is 1. The number of nitrogens with zero attached hydrogens (tertiary/aromatic N) is 1. The van der Waals surface area contributed by atoms with Crippen LogP contribution in [0.4, 0.5) is 4.79 Å². The first-order chi connectivity index (χ1) is 10.7. The van der Waals surface area contributed by atoms with E-state index in [1.165, 1.54) is 0 Å². The highest BCUT2D eigenvalue weighted by Gasteiger charge is 2.16. The number of aromatic nitrogens is 2. The summed E-state index contributed by atoms with van der Waals surface area (Å²) in [6.07, 6.45) is -0.585. The second kappa shape index (κ2) is 6.28. The number of alkyl carbamates (subject to hydrolysis) is 1. The molecule has 0 aliphatic rings. The predicted molar refractivity (Wildman–Crippen MR) is 87.8 cm³/mol. The zero-order chi connectivity index (χ0) is 17.2. The fourth-order valence-corrected chi connectivity index (χ4v) is 2.21. The first-order valence-electron chi connectivity index (χ1n) is 7.38. The van der Waals surface area contributed by atoms with E-state index < -0.39 is 17.4 Å². The number of carbonyl (C=O) groups excluding carboxylic acids is 1. The highest BCUT2D eigenvalue weighted by molar-refractivity contribution is 5.80. The lowest BCUT2D eigenvalue weighted by molar-refractivity contribution is 0.0526. The summed E-state index contributed by atoms with van der Waals surface area (Å²) in [5, 5.41) is 2.97. The molecule has 0 spiro atoms. The number of rotatable bonds is 3. The molecule has 2 N–H and O–H groups in total. The van der Waals surface area contributed by atoms with Crippen molar-refractivity contribution in [2.24, 2.45) is 0 Å². The minimum atomic E-state index is -0.598. The van der Waals surface area contributed by atoms with Crippen LogP contribution in [0.15, 0.2) is 27.8 Å². The van der Waals surface area contributed by atoms with Crippen molar-refractivity contribution in [3.05, 3.63) is 44.6 Å². The lowest BCUT2D eigenvalue weighted by atomic mass is 10.1. The number of fused-ring (bicyclic) bond motifs is 1. The number of carbonyl (C=O) groups is 1. The Balaban J connectivity index is 2.17. The predicted octanol–water partition coefficient (Wildman–Crippen LogP) is 1.52. The molecule has 1 aromatic carbocycles. The van der Waals surface area contributed by atoms with Crippen LogP contribution in [0.2, 0.25) is 0 Å². The number of hydrogen-bond acceptors (Lipinski definition) is 4. The lowest BCUT2D eigenvalue weighted by Gasteiger charge is -2.19. The van der Waals surface area contributed by atoms with Crippen molar-refractivity contribution in [1.82, 2.24) is 14.9 Å². The molecular formula is C16H21N3O4. The molecule has 1 aromatic heterocycles. The van der Waals surface area contributed by atoms with Crippen LogP contribution in [0.25, 0.3) is 10.9 Å². The highest BCUT2D eigenvalue weighted by Crippen LogP contribution is 2.10. The van der Waals surface area contributed by atoms with Gasteiger partial charge in [-0.25, -0.2) is 9.59 Å². The number of amides is 1. The topological polar surface area (TPSA) is 93.2 Å². The van der Waals surface area contributed by atoms with Gasteiger partial charge in [-0.1, -0.05) is 12.1 Å². The molecule has 7 heteroatoms. The van der Waals surface area contributed by atoms with Crippen LogP contribution < -0.4 is 16.6 Å². The zero-order valence-corrected chi connectivity index (χ0v) is 13.7. The molecule has 0 unspecified atom stereocenters. The number of hydrogen-bond donors (Lipinski definition) is 2. The Morgan fingerprint density at radius 2 is 2.00 bits per heavy atom. The molecule has 23 heavy (non-hydrogen) atoms. The molecule has 2 aromatic rings. The summed E-state index contributed by atoms with van der Waals surface area (Å²) in [4.78, 5) is 38.8. The second-order valence-electron chi connectivity index (χ2n) is 6.31. The van der Waals surface area contributed by atoms with Gasteiger partial charge in [0, 0.05) is 13.1 Å². The van der Waals surface area contributed by atoms with Crippen molar-refractivity contribution in [3.63, 3.8) is 0 Å². The van der Waals surface area contributed by atoms with Gasteiger partial charge < -0.3 is 15.0 Å². The van der Waals surface area contributed by atoms with Crippen LogP contribution in [0.1, 0.15) is 26.3 Å². The molecule has 0 saturated carbocycles. The number of aryl methyl sites for hydroxylation is 1. The Hall–Kier alpha value is -2.57. The van der Waals surface area contributed by atoms with Gasteiger partial charge in [-0.2, -0.15) is 0 Å². The fourth-order valence-electron chi connectivity index (χ4n) is 2.21. The number of benzene rings is 1. The van der Waals surface area contributed by atoms with Crippen LogP contribution in [0.3, 0.4) is 0 Å². The van der Waals surface area contributed by atoms with Gasteiger partial charge in [-0.15, -0.1) is 0 Å². The summed E-state index contributed by atoms with van der Waals surface area (Å²) in [6.45, 7) is 7.28. The zero-order valence-electron chi connectivity index (χ0n) is 13.7. The summed E-state index contributed by atoms with van der Waals surface area (Å²) in [7, 11) is 0. The largest absolute Gasteiger partial charge is 0.444 e. The molecule has 0 aliphatic carbocycles. The van der Waals surface area contributed by atoms with Crippen LogP contribution in [-0.4, -0.2) is 27.8 Å². The van der Waals surface area contributed by atoms with Gasteiger partial charge in [0.1, 0.15) is 5.60 Å². The first-order valence-corrected chi connectivity index (χ1v) is 7.38. The van der Waals surface area contributed by atoms with Crippen LogP contribution in [-0.2, 0) is 11.3 Å². The van der Waals surface area contributed by atoms with Gasteiger partial charge in [0.05, 0.1) is 10.9 Å². The van der Waals surface area contributed by atoms with E-state index in [-0.39, 0.29) is 18.6 Å². The van der Waals surface area contributed by atoms with Gasteiger partial charge in [0.25, 0.3) is 5.56 Å². The summed E-state index contributed by atoms with van der Waals surface area (Å²) in [5.74, 6) is 0. The molecule has 0 radical (unpaired) electrons. The van der Waals surface area contributed by atoms with Crippen molar-refractivity contribution in [3.8, 4) is 0 Å². The maximum atomic E-state index is 12.4. The number of nitrogens with one attached hydrogen (secondary N) is 2. The Morgan fingerprint density at radius 1 is 1.30 bits per heavy atom. The highest BCUT2D eigenvalue weighted by atomic mass is 16.6. The third-order valence-corrected chi connectivity index (χ3v) is 3.23. The maximum Gasteiger partial charge on any atom is 0.407 e. The molecule has 124 valence electrons. The van der Waals surface area contributed by atoms with E-state index in [0.29, 0.717) is 10.9 Å². The monoisotopic (exact) mass is 319 g/mol. The quantitative estimate of drug-likeness (QED) is 0.897. The van der Waals surface area contributed by atoms with Crippen LogP contribution in [0.5, 0.6) is 0 Å². The molecule has 0 atom stereocenters. The van der Waals surface area contributed by atoms with Gasteiger partial charge in [0.15, 0.2) is 0 Å². The van der Waals surface area contributed by atoms with Crippen molar-refractivity contribution in [2.75, 3.05) is 6.54 Å². The van der Waals surface area contributed by atoms with Crippen LogP contribution >= 0.6 is 0 Å². The van der Waals surface area contributed by atoms with Gasteiger partial charge >= 0.3 is 11.8 Å². The summed E-state index contributed by atoms with van der Waals surface area (Å²) in [6, 6.07) is 5.26. The molecule has 0 saturated heterocycles. The van der Waals surface area contributed by atoms with Crippen molar-refractivity contribution >= 4 is 17.0 Å². The molecule has 2 rings (SSSR count). The molecule has 1 heterocycles. The van der Waals surface area contributed by atoms with Crippen molar-refractivity contribution in [1.29, 1.82) is 0 Å². The van der Waals surface area contributed by atoms with E-state index in [1.807, 2.05) is 13.0 Å². The van der Waals surface area contributed by atoms with E-state index in [1.54, 1.807) is 32.9 Å². The van der Waals surface area contributed by atoms with E-state index >= 15 is 0 Å². The Kier molecular flexibility index (Phi) is 4.58. The number of ether oxygens (including phenoxy) is 1. The third kappa shape index (κ3) is 4.00.